The number of benzene rings is 1. The molecule has 1 aromatic rings. The van der Waals surface area contributed by atoms with E-state index in [0.717, 1.165) is 19.3 Å². The van der Waals surface area contributed by atoms with Gasteiger partial charge in [0, 0.05) is 6.42 Å². The van der Waals surface area contributed by atoms with Crippen molar-refractivity contribution in [2.45, 2.75) is 45.1 Å². The molecule has 0 aromatic heterocycles. The highest BCUT2D eigenvalue weighted by molar-refractivity contribution is 6.31. The molecule has 1 saturated carbocycles. The number of rotatable bonds is 2. The van der Waals surface area contributed by atoms with Crippen LogP contribution >= 0.6 is 11.6 Å². The Labute approximate surface area is 113 Å². The molecule has 18 heavy (non-hydrogen) atoms. The number of aliphatic hydroxyl groups is 1. The van der Waals surface area contributed by atoms with Crippen LogP contribution in [0.5, 0.6) is 0 Å². The summed E-state index contributed by atoms with van der Waals surface area (Å²) in [5.74, 6) is 0.302. The summed E-state index contributed by atoms with van der Waals surface area (Å²) in [6, 6.07) is 4.80. The molecule has 0 spiro atoms. The Morgan fingerprint density at radius 3 is 2.89 bits per heavy atom. The van der Waals surface area contributed by atoms with Gasteiger partial charge in [0.1, 0.15) is 5.82 Å². The summed E-state index contributed by atoms with van der Waals surface area (Å²) in [6.07, 6.45) is 3.38. The zero-order valence-electron chi connectivity index (χ0n) is 10.9. The minimum absolute atomic E-state index is 0.149. The van der Waals surface area contributed by atoms with Crippen molar-refractivity contribution >= 4 is 11.6 Å². The molecule has 1 fully saturated rings. The van der Waals surface area contributed by atoms with Gasteiger partial charge < -0.3 is 5.11 Å². The molecule has 3 heteroatoms. The Bertz CT molecular complexity index is 435. The van der Waals surface area contributed by atoms with Crippen molar-refractivity contribution in [2.24, 2.45) is 11.8 Å². The summed E-state index contributed by atoms with van der Waals surface area (Å²) in [6.45, 7) is 4.25. The third-order valence-corrected chi connectivity index (χ3v) is 4.92. The summed E-state index contributed by atoms with van der Waals surface area (Å²) in [5, 5.41) is 10.9. The summed E-state index contributed by atoms with van der Waals surface area (Å²) >= 11 is 5.97. The lowest BCUT2D eigenvalue weighted by atomic mass is 9.68. The van der Waals surface area contributed by atoms with E-state index in [1.54, 1.807) is 12.1 Å². The lowest BCUT2D eigenvalue weighted by Gasteiger charge is -2.42. The molecule has 1 aliphatic rings. The Balaban J connectivity index is 2.24. The molecule has 1 nitrogen and oxygen atoms in total. The molecule has 0 saturated heterocycles. The van der Waals surface area contributed by atoms with Crippen molar-refractivity contribution < 1.29 is 9.50 Å². The van der Waals surface area contributed by atoms with Gasteiger partial charge in [-0.1, -0.05) is 50.4 Å². The standard InChI is InChI=1S/C15H20ClFO/c1-10-5-4-8-15(18,11(10)2)9-12-6-3-7-13(17)14(12)16/h3,6-7,10-11,18H,4-5,8-9H2,1-2H3. The molecule has 0 bridgehead atoms. The zero-order chi connectivity index (χ0) is 13.3. The highest BCUT2D eigenvalue weighted by Crippen LogP contribution is 2.40. The molecule has 2 rings (SSSR count). The van der Waals surface area contributed by atoms with E-state index in [1.165, 1.54) is 6.07 Å². The van der Waals surface area contributed by atoms with E-state index in [4.69, 9.17) is 11.6 Å². The Morgan fingerprint density at radius 1 is 1.44 bits per heavy atom. The molecule has 0 radical (unpaired) electrons. The van der Waals surface area contributed by atoms with E-state index in [9.17, 15) is 9.50 Å². The lowest BCUT2D eigenvalue weighted by molar-refractivity contribution is -0.0621. The van der Waals surface area contributed by atoms with Crippen LogP contribution in [0.4, 0.5) is 4.39 Å². The summed E-state index contributed by atoms with van der Waals surface area (Å²) in [4.78, 5) is 0. The topological polar surface area (TPSA) is 20.2 Å². The smallest absolute Gasteiger partial charge is 0.142 e. The summed E-state index contributed by atoms with van der Waals surface area (Å²) in [7, 11) is 0. The van der Waals surface area contributed by atoms with E-state index in [1.807, 2.05) is 0 Å². The largest absolute Gasteiger partial charge is 0.389 e. The molecular formula is C15H20ClFO. The second-order valence-electron chi connectivity index (χ2n) is 5.65. The van der Waals surface area contributed by atoms with Crippen LogP contribution in [0.15, 0.2) is 18.2 Å². The minimum atomic E-state index is -0.755. The maximum atomic E-state index is 13.4. The molecular weight excluding hydrogens is 251 g/mol. The molecule has 3 unspecified atom stereocenters. The maximum absolute atomic E-state index is 13.4. The van der Waals surface area contributed by atoms with Gasteiger partial charge in [-0.15, -0.1) is 0 Å². The van der Waals surface area contributed by atoms with Gasteiger partial charge in [-0.3, -0.25) is 0 Å². The molecule has 1 aliphatic carbocycles. The van der Waals surface area contributed by atoms with Crippen molar-refractivity contribution in [2.75, 3.05) is 0 Å². The molecule has 0 amide bonds. The van der Waals surface area contributed by atoms with Crippen LogP contribution in [-0.4, -0.2) is 10.7 Å². The predicted molar refractivity (Wildman–Crippen MR) is 72.2 cm³/mol. The highest BCUT2D eigenvalue weighted by atomic mass is 35.5. The first kappa shape index (κ1) is 13.8. The number of hydrogen-bond acceptors (Lipinski definition) is 1. The van der Waals surface area contributed by atoms with E-state index < -0.39 is 11.4 Å². The molecule has 100 valence electrons. The first-order valence-corrected chi connectivity index (χ1v) is 6.97. The van der Waals surface area contributed by atoms with Gasteiger partial charge in [0.15, 0.2) is 0 Å². The molecule has 1 aromatic carbocycles. The van der Waals surface area contributed by atoms with E-state index >= 15 is 0 Å². The van der Waals surface area contributed by atoms with Gasteiger partial charge in [0.2, 0.25) is 0 Å². The van der Waals surface area contributed by atoms with Crippen molar-refractivity contribution in [3.63, 3.8) is 0 Å². The quantitative estimate of drug-likeness (QED) is 0.854. The van der Waals surface area contributed by atoms with Crippen LogP contribution in [0.2, 0.25) is 5.02 Å². The molecule has 0 aliphatic heterocycles. The van der Waals surface area contributed by atoms with Crippen LogP contribution in [0.25, 0.3) is 0 Å². The van der Waals surface area contributed by atoms with Gasteiger partial charge in [-0.25, -0.2) is 4.39 Å². The SMILES string of the molecule is CC1CCCC(O)(Cc2cccc(F)c2Cl)C1C. The summed E-state index contributed by atoms with van der Waals surface area (Å²) < 4.78 is 13.4. The fraction of sp³-hybridized carbons (Fsp3) is 0.600. The van der Waals surface area contributed by atoms with Gasteiger partial charge in [-0.05, 0) is 29.9 Å². The van der Waals surface area contributed by atoms with Gasteiger partial charge in [-0.2, -0.15) is 0 Å². The molecule has 3 atom stereocenters. The van der Waals surface area contributed by atoms with Crippen LogP contribution in [0.3, 0.4) is 0 Å². The fourth-order valence-electron chi connectivity index (χ4n) is 3.00. The van der Waals surface area contributed by atoms with Crippen molar-refractivity contribution in [1.29, 1.82) is 0 Å². The molecule has 0 heterocycles. The minimum Gasteiger partial charge on any atom is -0.389 e. The van der Waals surface area contributed by atoms with Crippen LogP contribution < -0.4 is 0 Å². The van der Waals surface area contributed by atoms with Crippen LogP contribution in [0, 0.1) is 17.7 Å². The van der Waals surface area contributed by atoms with Gasteiger partial charge in [0.05, 0.1) is 10.6 Å². The third kappa shape index (κ3) is 2.55. The number of halogens is 2. The van der Waals surface area contributed by atoms with E-state index in [0.29, 0.717) is 17.9 Å². The fourth-order valence-corrected chi connectivity index (χ4v) is 3.19. The Kier molecular flexibility index (Phi) is 3.98. The number of hydrogen-bond donors (Lipinski definition) is 1. The summed E-state index contributed by atoms with van der Waals surface area (Å²) in [5.41, 5.74) is -0.0464. The van der Waals surface area contributed by atoms with E-state index in [2.05, 4.69) is 13.8 Å². The van der Waals surface area contributed by atoms with E-state index in [-0.39, 0.29) is 10.9 Å². The zero-order valence-corrected chi connectivity index (χ0v) is 11.7. The highest BCUT2D eigenvalue weighted by Gasteiger charge is 2.40. The van der Waals surface area contributed by atoms with Crippen molar-refractivity contribution in [3.8, 4) is 0 Å². The average molecular weight is 271 g/mol. The third-order valence-electron chi connectivity index (χ3n) is 4.50. The normalized spacial score (nSPS) is 32.5. The predicted octanol–water partition coefficient (Wildman–Crippen LogP) is 4.21. The Morgan fingerprint density at radius 2 is 2.17 bits per heavy atom. The van der Waals surface area contributed by atoms with Gasteiger partial charge >= 0.3 is 0 Å². The molecule has 1 N–H and O–H groups in total. The van der Waals surface area contributed by atoms with Crippen molar-refractivity contribution in [3.05, 3.63) is 34.6 Å². The average Bonchev–Trinajstić information content (AvgIpc) is 2.32. The first-order valence-electron chi connectivity index (χ1n) is 6.59. The maximum Gasteiger partial charge on any atom is 0.142 e. The van der Waals surface area contributed by atoms with Crippen LogP contribution in [0.1, 0.15) is 38.7 Å². The van der Waals surface area contributed by atoms with Crippen LogP contribution in [-0.2, 0) is 6.42 Å². The monoisotopic (exact) mass is 270 g/mol. The van der Waals surface area contributed by atoms with Crippen molar-refractivity contribution in [1.82, 2.24) is 0 Å². The lowest BCUT2D eigenvalue weighted by Crippen LogP contribution is -2.44. The second kappa shape index (κ2) is 5.18. The second-order valence-corrected chi connectivity index (χ2v) is 6.03. The van der Waals surface area contributed by atoms with Gasteiger partial charge in [0.25, 0.3) is 0 Å². The first-order chi connectivity index (χ1) is 8.44. The Hall–Kier alpha value is -0.600.